The van der Waals surface area contributed by atoms with Crippen molar-refractivity contribution in [2.24, 2.45) is 0 Å². The summed E-state index contributed by atoms with van der Waals surface area (Å²) in [7, 11) is 0. The summed E-state index contributed by atoms with van der Waals surface area (Å²) in [6.45, 7) is 2.00. The van der Waals surface area contributed by atoms with Gasteiger partial charge in [-0.1, -0.05) is 29.8 Å². The third-order valence-electron chi connectivity index (χ3n) is 2.15. The van der Waals surface area contributed by atoms with Crippen LogP contribution >= 0.6 is 0 Å². The van der Waals surface area contributed by atoms with E-state index in [4.69, 9.17) is 4.74 Å². The number of hydrogen-bond acceptors (Lipinski definition) is 2. The Morgan fingerprint density at radius 2 is 1.67 bits per heavy atom. The van der Waals surface area contributed by atoms with Gasteiger partial charge in [0, 0.05) is 0 Å². The zero-order valence-electron chi connectivity index (χ0n) is 8.47. The first kappa shape index (κ1) is 9.59. The minimum atomic E-state index is -0.0659. The maximum atomic E-state index is 9.63. The summed E-state index contributed by atoms with van der Waals surface area (Å²) >= 11 is 0. The fourth-order valence-electron chi connectivity index (χ4n) is 1.29. The number of aliphatic hydroxyl groups is 1. The van der Waals surface area contributed by atoms with Gasteiger partial charge in [0.05, 0.1) is 5.57 Å². The Morgan fingerprint density at radius 3 is 2.27 bits per heavy atom. The Labute approximate surface area is 88.8 Å². The Morgan fingerprint density at radius 1 is 1.07 bits per heavy atom. The lowest BCUT2D eigenvalue weighted by molar-refractivity contribution is 0.206. The maximum absolute atomic E-state index is 9.63. The summed E-state index contributed by atoms with van der Waals surface area (Å²) in [5.74, 6) is 0.572. The van der Waals surface area contributed by atoms with Crippen LogP contribution in [0.4, 0.5) is 0 Å². The topological polar surface area (TPSA) is 29.5 Å². The van der Waals surface area contributed by atoms with E-state index >= 15 is 0 Å². The molecule has 0 fully saturated rings. The van der Waals surface area contributed by atoms with E-state index < -0.39 is 0 Å². The van der Waals surface area contributed by atoms with Crippen molar-refractivity contribution < 1.29 is 9.84 Å². The van der Waals surface area contributed by atoms with Crippen molar-refractivity contribution in [2.45, 2.75) is 6.92 Å². The number of benzene rings is 1. The van der Waals surface area contributed by atoms with Gasteiger partial charge in [-0.2, -0.15) is 0 Å². The highest BCUT2D eigenvalue weighted by Crippen LogP contribution is 2.18. The number of rotatable bonds is 2. The fourth-order valence-corrected chi connectivity index (χ4v) is 1.29. The third-order valence-corrected chi connectivity index (χ3v) is 2.15. The molecule has 76 valence electrons. The average molecular weight is 200 g/mol. The van der Waals surface area contributed by atoms with Crippen LogP contribution in [-0.4, -0.2) is 5.11 Å². The van der Waals surface area contributed by atoms with Crippen LogP contribution in [0.5, 0.6) is 5.75 Å². The van der Waals surface area contributed by atoms with E-state index in [0.717, 1.165) is 5.56 Å². The first-order valence-electron chi connectivity index (χ1n) is 4.78. The molecule has 0 aliphatic heterocycles. The molecule has 2 nitrogen and oxygen atoms in total. The van der Waals surface area contributed by atoms with E-state index in [9.17, 15) is 5.11 Å². The van der Waals surface area contributed by atoms with Crippen molar-refractivity contribution in [3.05, 3.63) is 65.7 Å². The highest BCUT2D eigenvalue weighted by molar-refractivity contribution is 5.41. The highest BCUT2D eigenvalue weighted by Gasteiger charge is 2.04. The molecule has 0 heterocycles. The first-order valence-corrected chi connectivity index (χ1v) is 4.78. The van der Waals surface area contributed by atoms with Gasteiger partial charge in [0.25, 0.3) is 5.95 Å². The van der Waals surface area contributed by atoms with Crippen LogP contribution in [0.2, 0.25) is 0 Å². The summed E-state index contributed by atoms with van der Waals surface area (Å²) in [6.07, 6.45) is 7.29. The molecule has 2 heteroatoms. The lowest BCUT2D eigenvalue weighted by Crippen LogP contribution is -1.96. The van der Waals surface area contributed by atoms with Crippen LogP contribution in [0.1, 0.15) is 5.56 Å². The Kier molecular flexibility index (Phi) is 2.59. The van der Waals surface area contributed by atoms with Crippen LogP contribution in [0, 0.1) is 6.92 Å². The van der Waals surface area contributed by atoms with E-state index in [0.29, 0.717) is 11.3 Å². The zero-order chi connectivity index (χ0) is 10.7. The van der Waals surface area contributed by atoms with E-state index in [1.807, 2.05) is 43.3 Å². The Hall–Kier alpha value is -1.96. The molecule has 15 heavy (non-hydrogen) atoms. The molecule has 0 saturated heterocycles. The zero-order valence-corrected chi connectivity index (χ0v) is 8.47. The van der Waals surface area contributed by atoms with Crippen molar-refractivity contribution in [1.82, 2.24) is 0 Å². The van der Waals surface area contributed by atoms with E-state index in [1.165, 1.54) is 0 Å². The monoisotopic (exact) mass is 200 g/mol. The Bertz CT molecular complexity index is 422. The minimum absolute atomic E-state index is 0.0659. The lowest BCUT2D eigenvalue weighted by Gasteiger charge is -2.05. The van der Waals surface area contributed by atoms with Gasteiger partial charge in [0.2, 0.25) is 0 Å². The molecular weight excluding hydrogens is 188 g/mol. The first-order chi connectivity index (χ1) is 7.25. The van der Waals surface area contributed by atoms with Crippen molar-refractivity contribution >= 4 is 0 Å². The summed E-state index contributed by atoms with van der Waals surface area (Å²) in [4.78, 5) is 0. The molecule has 0 radical (unpaired) electrons. The van der Waals surface area contributed by atoms with Gasteiger partial charge >= 0.3 is 0 Å². The summed E-state index contributed by atoms with van der Waals surface area (Å²) < 4.78 is 5.29. The van der Waals surface area contributed by atoms with Gasteiger partial charge in [0.1, 0.15) is 5.75 Å². The molecule has 0 unspecified atom stereocenters. The molecule has 0 bridgehead atoms. The second-order valence-electron chi connectivity index (χ2n) is 3.39. The molecule has 1 aromatic carbocycles. The summed E-state index contributed by atoms with van der Waals surface area (Å²) in [5.41, 5.74) is 1.85. The molecule has 1 aromatic rings. The van der Waals surface area contributed by atoms with Crippen molar-refractivity contribution in [2.75, 3.05) is 0 Å². The molecule has 2 rings (SSSR count). The van der Waals surface area contributed by atoms with Gasteiger partial charge in [-0.3, -0.25) is 0 Å². The number of ether oxygens (including phenoxy) is 1. The molecule has 0 saturated carbocycles. The second-order valence-corrected chi connectivity index (χ2v) is 3.39. The van der Waals surface area contributed by atoms with Crippen LogP contribution in [0.15, 0.2) is 60.1 Å². The molecule has 0 aromatic heterocycles. The smallest absolute Gasteiger partial charge is 0.289 e. The van der Waals surface area contributed by atoms with Crippen LogP contribution < -0.4 is 4.74 Å². The van der Waals surface area contributed by atoms with Crippen molar-refractivity contribution in [3.8, 4) is 5.75 Å². The maximum Gasteiger partial charge on any atom is 0.289 e. The van der Waals surface area contributed by atoms with Gasteiger partial charge in [-0.05, 0) is 31.2 Å². The molecular formula is C13H12O2. The molecule has 0 amide bonds. The molecule has 0 atom stereocenters. The standard InChI is InChI=1S/C13H12O2/c1-10-6-8-12(9-7-10)15-13(14)11-4-2-3-5-11/h2-9,14H,1H3. The number of aryl methyl sites for hydroxylation is 1. The third kappa shape index (κ3) is 2.29. The van der Waals surface area contributed by atoms with Crippen molar-refractivity contribution in [1.29, 1.82) is 0 Å². The number of allylic oxidation sites excluding steroid dienone is 5. The SMILES string of the molecule is Cc1ccc(OC(O)=C2C=CC=C2)cc1. The average Bonchev–Trinajstić information content (AvgIpc) is 2.74. The summed E-state index contributed by atoms with van der Waals surface area (Å²) in [5, 5.41) is 9.63. The fraction of sp³-hybridized carbons (Fsp3) is 0.0769. The molecule has 1 N–H and O–H groups in total. The van der Waals surface area contributed by atoms with Gasteiger partial charge in [-0.25, -0.2) is 0 Å². The lowest BCUT2D eigenvalue weighted by atomic mass is 10.2. The van der Waals surface area contributed by atoms with Crippen LogP contribution in [0.3, 0.4) is 0 Å². The molecule has 1 aliphatic carbocycles. The van der Waals surface area contributed by atoms with E-state index in [1.54, 1.807) is 12.2 Å². The number of hydrogen-bond donors (Lipinski definition) is 1. The predicted molar refractivity (Wildman–Crippen MR) is 59.7 cm³/mol. The van der Waals surface area contributed by atoms with Crippen LogP contribution in [0.25, 0.3) is 0 Å². The Balaban J connectivity index is 2.15. The quantitative estimate of drug-likeness (QED) is 0.742. The van der Waals surface area contributed by atoms with E-state index in [2.05, 4.69) is 0 Å². The number of aliphatic hydroxyl groups excluding tert-OH is 1. The molecule has 1 aliphatic rings. The highest BCUT2D eigenvalue weighted by atomic mass is 16.6. The van der Waals surface area contributed by atoms with E-state index in [-0.39, 0.29) is 5.95 Å². The predicted octanol–water partition coefficient (Wildman–Crippen LogP) is 3.27. The van der Waals surface area contributed by atoms with Crippen LogP contribution in [-0.2, 0) is 0 Å². The second kappa shape index (κ2) is 4.05. The van der Waals surface area contributed by atoms with Crippen molar-refractivity contribution in [3.63, 3.8) is 0 Å². The molecule has 0 spiro atoms. The van der Waals surface area contributed by atoms with Gasteiger partial charge in [0.15, 0.2) is 0 Å². The van der Waals surface area contributed by atoms with Gasteiger partial charge in [-0.15, -0.1) is 0 Å². The normalized spacial score (nSPS) is 13.3. The van der Waals surface area contributed by atoms with Gasteiger partial charge < -0.3 is 9.84 Å². The minimum Gasteiger partial charge on any atom is -0.480 e. The largest absolute Gasteiger partial charge is 0.480 e. The summed E-state index contributed by atoms with van der Waals surface area (Å²) in [6, 6.07) is 7.53.